The Kier molecular flexibility index (Phi) is 3.02. The first kappa shape index (κ1) is 12.8. The Morgan fingerprint density at radius 2 is 2.00 bits per heavy atom. The molecule has 0 aliphatic carbocycles. The SMILES string of the molecule is Cc1nc2ccccc2n1-c1cc(Br)ccc1[N+](=O)[O-]. The molecular formula is C14H10BrN3O2. The van der Waals surface area contributed by atoms with Gasteiger partial charge < -0.3 is 0 Å². The van der Waals surface area contributed by atoms with E-state index < -0.39 is 0 Å². The molecule has 0 aliphatic rings. The van der Waals surface area contributed by atoms with Crippen LogP contribution in [0, 0.1) is 17.0 Å². The predicted octanol–water partition coefficient (Wildman–Crippen LogP) is 4.00. The number of hydrogen-bond donors (Lipinski definition) is 0. The molecule has 0 unspecified atom stereocenters. The van der Waals surface area contributed by atoms with Crippen LogP contribution < -0.4 is 0 Å². The van der Waals surface area contributed by atoms with Crippen LogP contribution in [-0.2, 0) is 0 Å². The van der Waals surface area contributed by atoms with Gasteiger partial charge >= 0.3 is 0 Å². The molecule has 0 saturated heterocycles. The van der Waals surface area contributed by atoms with Crippen molar-refractivity contribution in [3.05, 3.63) is 62.9 Å². The van der Waals surface area contributed by atoms with Crippen LogP contribution in [0.3, 0.4) is 0 Å². The van der Waals surface area contributed by atoms with E-state index in [4.69, 9.17) is 0 Å². The number of para-hydroxylation sites is 2. The fourth-order valence-corrected chi connectivity index (χ4v) is 2.63. The van der Waals surface area contributed by atoms with Crippen molar-refractivity contribution >= 4 is 32.7 Å². The zero-order valence-corrected chi connectivity index (χ0v) is 12.2. The van der Waals surface area contributed by atoms with E-state index in [1.165, 1.54) is 6.07 Å². The average Bonchev–Trinajstić information content (AvgIpc) is 2.73. The standard InChI is InChI=1S/C14H10BrN3O2/c1-9-16-11-4-2-3-5-12(11)17(9)14-8-10(15)6-7-13(14)18(19)20/h2-8H,1H3. The summed E-state index contributed by atoms with van der Waals surface area (Å²) in [5.41, 5.74) is 2.24. The van der Waals surface area contributed by atoms with Gasteiger partial charge in [0.1, 0.15) is 11.5 Å². The molecule has 5 nitrogen and oxygen atoms in total. The van der Waals surface area contributed by atoms with Gasteiger partial charge in [-0.3, -0.25) is 14.7 Å². The molecule has 3 rings (SSSR count). The molecule has 0 aliphatic heterocycles. The summed E-state index contributed by atoms with van der Waals surface area (Å²) in [5.74, 6) is 0.715. The van der Waals surface area contributed by atoms with E-state index in [0.717, 1.165) is 15.5 Å². The number of hydrogen-bond acceptors (Lipinski definition) is 3. The number of rotatable bonds is 2. The van der Waals surface area contributed by atoms with Crippen molar-refractivity contribution in [2.45, 2.75) is 6.92 Å². The van der Waals surface area contributed by atoms with Crippen molar-refractivity contribution in [2.75, 3.05) is 0 Å². The molecule has 100 valence electrons. The maximum Gasteiger partial charge on any atom is 0.293 e. The monoisotopic (exact) mass is 331 g/mol. The number of aryl methyl sites for hydroxylation is 1. The average molecular weight is 332 g/mol. The van der Waals surface area contributed by atoms with Crippen molar-refractivity contribution in [3.63, 3.8) is 0 Å². The van der Waals surface area contributed by atoms with E-state index >= 15 is 0 Å². The highest BCUT2D eigenvalue weighted by Gasteiger charge is 2.19. The Morgan fingerprint density at radius 3 is 2.75 bits per heavy atom. The molecule has 0 N–H and O–H groups in total. The second-order valence-electron chi connectivity index (χ2n) is 4.37. The lowest BCUT2D eigenvalue weighted by Gasteiger charge is -2.08. The first-order valence-corrected chi connectivity index (χ1v) is 6.75. The number of halogens is 1. The lowest BCUT2D eigenvalue weighted by molar-refractivity contribution is -0.384. The lowest BCUT2D eigenvalue weighted by Crippen LogP contribution is -2.02. The summed E-state index contributed by atoms with van der Waals surface area (Å²) >= 11 is 3.36. The largest absolute Gasteiger partial charge is 0.293 e. The van der Waals surface area contributed by atoms with E-state index in [1.807, 2.05) is 31.2 Å². The molecule has 0 fully saturated rings. The number of nitro benzene ring substituents is 1. The van der Waals surface area contributed by atoms with Gasteiger partial charge in [0, 0.05) is 10.5 Å². The maximum absolute atomic E-state index is 11.2. The number of imidazole rings is 1. The summed E-state index contributed by atoms with van der Waals surface area (Å²) < 4.78 is 2.59. The summed E-state index contributed by atoms with van der Waals surface area (Å²) in [4.78, 5) is 15.3. The molecule has 0 spiro atoms. The second-order valence-corrected chi connectivity index (χ2v) is 5.29. The van der Waals surface area contributed by atoms with Crippen LogP contribution in [-0.4, -0.2) is 14.5 Å². The van der Waals surface area contributed by atoms with E-state index in [1.54, 1.807) is 16.7 Å². The van der Waals surface area contributed by atoms with Crippen LogP contribution in [0.1, 0.15) is 5.82 Å². The minimum atomic E-state index is -0.379. The third-order valence-corrected chi connectivity index (χ3v) is 3.60. The topological polar surface area (TPSA) is 61.0 Å². The zero-order valence-electron chi connectivity index (χ0n) is 10.6. The molecule has 3 aromatic rings. The normalized spacial score (nSPS) is 10.9. The minimum absolute atomic E-state index is 0.0550. The fourth-order valence-electron chi connectivity index (χ4n) is 2.28. The number of benzene rings is 2. The molecule has 6 heteroatoms. The number of nitrogens with zero attached hydrogens (tertiary/aromatic N) is 3. The van der Waals surface area contributed by atoms with E-state index in [0.29, 0.717) is 11.5 Å². The maximum atomic E-state index is 11.2. The minimum Gasteiger partial charge on any atom is -0.290 e. The highest BCUT2D eigenvalue weighted by Crippen LogP contribution is 2.30. The summed E-state index contributed by atoms with van der Waals surface area (Å²) in [6.07, 6.45) is 0. The van der Waals surface area contributed by atoms with Crippen molar-refractivity contribution in [3.8, 4) is 5.69 Å². The van der Waals surface area contributed by atoms with Gasteiger partial charge in [-0.15, -0.1) is 0 Å². The van der Waals surface area contributed by atoms with E-state index in [-0.39, 0.29) is 10.6 Å². The Labute approximate surface area is 123 Å². The van der Waals surface area contributed by atoms with Crippen LogP contribution in [0.4, 0.5) is 5.69 Å². The second kappa shape index (κ2) is 4.72. The predicted molar refractivity (Wildman–Crippen MR) is 80.2 cm³/mol. The molecule has 2 aromatic carbocycles. The van der Waals surface area contributed by atoms with Gasteiger partial charge in [0.2, 0.25) is 0 Å². The van der Waals surface area contributed by atoms with Gasteiger partial charge in [0.25, 0.3) is 5.69 Å². The number of nitro groups is 1. The van der Waals surface area contributed by atoms with Crippen LogP contribution in [0.5, 0.6) is 0 Å². The first-order chi connectivity index (χ1) is 9.58. The van der Waals surface area contributed by atoms with Crippen LogP contribution >= 0.6 is 15.9 Å². The molecule has 0 saturated carbocycles. The molecule has 0 amide bonds. The molecule has 0 atom stereocenters. The van der Waals surface area contributed by atoms with Gasteiger partial charge in [0.15, 0.2) is 0 Å². The molecule has 20 heavy (non-hydrogen) atoms. The Hall–Kier alpha value is -2.21. The number of fused-ring (bicyclic) bond motifs is 1. The van der Waals surface area contributed by atoms with Gasteiger partial charge in [-0.25, -0.2) is 4.98 Å². The van der Waals surface area contributed by atoms with E-state index in [9.17, 15) is 10.1 Å². The first-order valence-electron chi connectivity index (χ1n) is 5.96. The third-order valence-electron chi connectivity index (χ3n) is 3.10. The third kappa shape index (κ3) is 1.98. The zero-order chi connectivity index (χ0) is 14.3. The van der Waals surface area contributed by atoms with Crippen molar-refractivity contribution in [2.24, 2.45) is 0 Å². The van der Waals surface area contributed by atoms with Crippen molar-refractivity contribution < 1.29 is 4.92 Å². The molecular weight excluding hydrogens is 322 g/mol. The highest BCUT2D eigenvalue weighted by atomic mass is 79.9. The van der Waals surface area contributed by atoms with Crippen LogP contribution in [0.15, 0.2) is 46.9 Å². The Balaban J connectivity index is 2.39. The Morgan fingerprint density at radius 1 is 1.25 bits per heavy atom. The van der Waals surface area contributed by atoms with Crippen molar-refractivity contribution in [1.29, 1.82) is 0 Å². The smallest absolute Gasteiger partial charge is 0.290 e. The molecule has 1 aromatic heterocycles. The van der Waals surface area contributed by atoms with Gasteiger partial charge in [-0.1, -0.05) is 28.1 Å². The van der Waals surface area contributed by atoms with Crippen LogP contribution in [0.25, 0.3) is 16.7 Å². The highest BCUT2D eigenvalue weighted by molar-refractivity contribution is 9.10. The molecule has 0 radical (unpaired) electrons. The quantitative estimate of drug-likeness (QED) is 0.526. The summed E-state index contributed by atoms with van der Waals surface area (Å²) in [7, 11) is 0. The summed E-state index contributed by atoms with van der Waals surface area (Å²) in [6, 6.07) is 12.5. The number of aromatic nitrogens is 2. The lowest BCUT2D eigenvalue weighted by atomic mass is 10.2. The fraction of sp³-hybridized carbons (Fsp3) is 0.0714. The van der Waals surface area contributed by atoms with Gasteiger partial charge in [0.05, 0.1) is 16.0 Å². The summed E-state index contributed by atoms with van der Waals surface area (Å²) in [5, 5.41) is 11.2. The Bertz CT molecular complexity index is 826. The van der Waals surface area contributed by atoms with Gasteiger partial charge in [-0.05, 0) is 31.2 Å². The van der Waals surface area contributed by atoms with Gasteiger partial charge in [-0.2, -0.15) is 0 Å². The van der Waals surface area contributed by atoms with Crippen molar-refractivity contribution in [1.82, 2.24) is 9.55 Å². The van der Waals surface area contributed by atoms with Crippen LogP contribution in [0.2, 0.25) is 0 Å². The molecule has 0 bridgehead atoms. The van der Waals surface area contributed by atoms with E-state index in [2.05, 4.69) is 20.9 Å². The molecule has 1 heterocycles. The summed E-state index contributed by atoms with van der Waals surface area (Å²) in [6.45, 7) is 1.84.